The third-order valence-electron chi connectivity index (χ3n) is 4.27. The van der Waals surface area contributed by atoms with Crippen LogP contribution in [0.4, 0.5) is 0 Å². The summed E-state index contributed by atoms with van der Waals surface area (Å²) < 4.78 is 0. The van der Waals surface area contributed by atoms with Crippen molar-refractivity contribution < 1.29 is 9.59 Å². The van der Waals surface area contributed by atoms with Crippen LogP contribution in [0.3, 0.4) is 0 Å². The number of benzene rings is 2. The van der Waals surface area contributed by atoms with Crippen molar-refractivity contribution in [2.24, 2.45) is 21.6 Å². The fraction of sp³-hybridized carbons (Fsp3) is 0.304. The number of amides is 1. The summed E-state index contributed by atoms with van der Waals surface area (Å²) in [6.07, 6.45) is 7.46. The second-order valence-corrected chi connectivity index (χ2v) is 6.77. The Morgan fingerprint density at radius 2 is 1.96 bits per heavy atom. The highest BCUT2D eigenvalue weighted by Gasteiger charge is 2.16. The normalized spacial score (nSPS) is 15.8. The molecule has 3 rings (SSSR count). The third kappa shape index (κ3) is 5.46. The Hall–Kier alpha value is -3.08. The maximum absolute atomic E-state index is 12.1. The molecule has 0 bridgehead atoms. The lowest BCUT2D eigenvalue weighted by Gasteiger charge is -2.16. The van der Waals surface area contributed by atoms with Gasteiger partial charge in [0.05, 0.1) is 6.34 Å². The van der Waals surface area contributed by atoms with Gasteiger partial charge in [-0.2, -0.15) is 4.99 Å². The Bertz CT molecular complexity index is 942. The Labute approximate surface area is 166 Å². The van der Waals surface area contributed by atoms with Gasteiger partial charge >= 0.3 is 0 Å². The Morgan fingerprint density at radius 3 is 2.57 bits per heavy atom. The summed E-state index contributed by atoms with van der Waals surface area (Å²) in [5.41, 5.74) is 7.33. The molecule has 1 aliphatic rings. The number of Topliss-reactive ketones (excluding diaryl/α,β-unsaturated/α-hetero) is 1. The molecule has 1 amide bonds. The minimum absolute atomic E-state index is 0.0209. The highest BCUT2D eigenvalue weighted by atomic mass is 16.1. The van der Waals surface area contributed by atoms with Gasteiger partial charge in [0.2, 0.25) is 0 Å². The molecular formula is C23H27N3O2. The molecule has 5 nitrogen and oxygen atoms in total. The number of rotatable bonds is 4. The third-order valence-corrected chi connectivity index (χ3v) is 4.27. The molecule has 0 radical (unpaired) electrons. The number of nitrogens with two attached hydrogens (primary N) is 1. The van der Waals surface area contributed by atoms with Crippen LogP contribution >= 0.6 is 0 Å². The summed E-state index contributed by atoms with van der Waals surface area (Å²) in [6.45, 7) is 5.77. The summed E-state index contributed by atoms with van der Waals surface area (Å²) in [4.78, 5) is 31.4. The van der Waals surface area contributed by atoms with Crippen molar-refractivity contribution in [3.63, 3.8) is 0 Å². The molecule has 2 N–H and O–H groups in total. The van der Waals surface area contributed by atoms with Gasteiger partial charge < -0.3 is 5.73 Å². The smallest absolute Gasteiger partial charge is 0.278 e. The molecule has 1 aliphatic heterocycles. The predicted octanol–water partition coefficient (Wildman–Crippen LogP) is 4.49. The van der Waals surface area contributed by atoms with Crippen molar-refractivity contribution in [2.75, 3.05) is 0 Å². The number of nitrogens with zero attached hydrogens (tertiary/aromatic N) is 2. The van der Waals surface area contributed by atoms with Crippen LogP contribution in [0.25, 0.3) is 10.8 Å². The van der Waals surface area contributed by atoms with E-state index in [1.54, 1.807) is 0 Å². The van der Waals surface area contributed by atoms with Gasteiger partial charge in [0.15, 0.2) is 5.78 Å². The number of fused-ring (bicyclic) bond motifs is 1. The molecule has 146 valence electrons. The number of allylic oxidation sites excluding steroid dienone is 2. The van der Waals surface area contributed by atoms with Gasteiger partial charge in [-0.3, -0.25) is 14.6 Å². The topological polar surface area (TPSA) is 84.9 Å². The van der Waals surface area contributed by atoms with Gasteiger partial charge in [-0.1, -0.05) is 50.6 Å². The largest absolute Gasteiger partial charge is 0.390 e. The first-order valence-electron chi connectivity index (χ1n) is 9.55. The zero-order valence-corrected chi connectivity index (χ0v) is 16.7. The van der Waals surface area contributed by atoms with E-state index < -0.39 is 0 Å². The van der Waals surface area contributed by atoms with Crippen LogP contribution in [-0.2, 0) is 11.2 Å². The van der Waals surface area contributed by atoms with Crippen LogP contribution in [0.5, 0.6) is 0 Å². The van der Waals surface area contributed by atoms with Gasteiger partial charge in [0, 0.05) is 24.6 Å². The first kappa shape index (κ1) is 21.2. The number of hydrogen-bond acceptors (Lipinski definition) is 3. The highest BCUT2D eigenvalue weighted by Crippen LogP contribution is 2.26. The van der Waals surface area contributed by atoms with Crippen LogP contribution in [0.15, 0.2) is 58.2 Å². The maximum Gasteiger partial charge on any atom is 0.278 e. The first-order valence-corrected chi connectivity index (χ1v) is 9.55. The average molecular weight is 377 g/mol. The van der Waals surface area contributed by atoms with Gasteiger partial charge in [-0.15, -0.1) is 0 Å². The number of hydrogen-bond donors (Lipinski definition) is 1. The molecule has 0 saturated heterocycles. The molecular weight excluding hydrogens is 350 g/mol. The zero-order valence-electron chi connectivity index (χ0n) is 16.7. The average Bonchev–Trinajstić information content (AvgIpc) is 2.69. The van der Waals surface area contributed by atoms with Crippen LogP contribution in [-0.4, -0.2) is 24.2 Å². The lowest BCUT2D eigenvalue weighted by atomic mass is 9.90. The molecule has 5 heteroatoms. The van der Waals surface area contributed by atoms with E-state index in [-0.39, 0.29) is 17.6 Å². The van der Waals surface area contributed by atoms with Gasteiger partial charge in [0.1, 0.15) is 5.70 Å². The minimum Gasteiger partial charge on any atom is -0.390 e. The quantitative estimate of drug-likeness (QED) is 0.629. The Morgan fingerprint density at radius 1 is 1.25 bits per heavy atom. The lowest BCUT2D eigenvalue weighted by molar-refractivity contribution is -0.113. The molecule has 0 aliphatic carbocycles. The molecule has 28 heavy (non-hydrogen) atoms. The fourth-order valence-electron chi connectivity index (χ4n) is 3.04. The van der Waals surface area contributed by atoms with Crippen LogP contribution in [0.1, 0.15) is 49.5 Å². The molecule has 0 spiro atoms. The van der Waals surface area contributed by atoms with E-state index in [9.17, 15) is 9.59 Å². The van der Waals surface area contributed by atoms with Crippen molar-refractivity contribution in [1.82, 2.24) is 0 Å². The summed E-state index contributed by atoms with van der Waals surface area (Å²) in [5.74, 6) is -0.187. The summed E-state index contributed by atoms with van der Waals surface area (Å²) in [7, 11) is 0. The molecule has 1 unspecified atom stereocenters. The van der Waals surface area contributed by atoms with E-state index in [1.807, 2.05) is 48.7 Å². The molecule has 0 saturated carbocycles. The van der Waals surface area contributed by atoms with Crippen LogP contribution in [0, 0.1) is 5.92 Å². The second-order valence-electron chi connectivity index (χ2n) is 6.77. The number of carbonyl (C=O) groups excluding carboxylic acids is 2. The monoisotopic (exact) mass is 377 g/mol. The maximum atomic E-state index is 12.1. The van der Waals surface area contributed by atoms with Gasteiger partial charge in [-0.25, -0.2) is 0 Å². The number of carbonyl (C=O) groups is 2. The predicted molar refractivity (Wildman–Crippen MR) is 116 cm³/mol. The fourth-order valence-corrected chi connectivity index (χ4v) is 3.04. The SMILES string of the molecule is CC(=O)C1=CCC(Cc2cc(C(=O)N=CN)cc3ccccc23)C=N1.CCC. The second kappa shape index (κ2) is 10.3. The molecule has 0 aromatic heterocycles. The molecule has 1 atom stereocenters. The van der Waals surface area contributed by atoms with Crippen molar-refractivity contribution in [3.8, 4) is 0 Å². The highest BCUT2D eigenvalue weighted by molar-refractivity contribution is 6.02. The van der Waals surface area contributed by atoms with E-state index in [4.69, 9.17) is 5.73 Å². The summed E-state index contributed by atoms with van der Waals surface area (Å²) in [5, 5.41) is 2.09. The molecule has 0 fully saturated rings. The number of ketones is 1. The minimum atomic E-state index is -0.356. The van der Waals surface area contributed by atoms with Crippen molar-refractivity contribution in [1.29, 1.82) is 0 Å². The van der Waals surface area contributed by atoms with Crippen molar-refractivity contribution >= 4 is 35.0 Å². The van der Waals surface area contributed by atoms with Gasteiger partial charge in [-0.05, 0) is 41.3 Å². The van der Waals surface area contributed by atoms with Gasteiger partial charge in [0.25, 0.3) is 5.91 Å². The van der Waals surface area contributed by atoms with E-state index in [0.29, 0.717) is 11.3 Å². The molecule has 2 aromatic rings. The van der Waals surface area contributed by atoms with E-state index in [1.165, 1.54) is 13.3 Å². The lowest BCUT2D eigenvalue weighted by Crippen LogP contribution is -2.12. The van der Waals surface area contributed by atoms with E-state index in [0.717, 1.165) is 35.5 Å². The summed E-state index contributed by atoms with van der Waals surface area (Å²) >= 11 is 0. The Balaban J connectivity index is 0.000000878. The molecule has 2 aromatic carbocycles. The van der Waals surface area contributed by atoms with Crippen LogP contribution in [0.2, 0.25) is 0 Å². The van der Waals surface area contributed by atoms with Crippen molar-refractivity contribution in [2.45, 2.75) is 40.0 Å². The Kier molecular flexibility index (Phi) is 7.81. The number of aliphatic imine (C=N–C) groups is 2. The molecule has 1 heterocycles. The van der Waals surface area contributed by atoms with Crippen molar-refractivity contribution in [3.05, 3.63) is 59.3 Å². The summed E-state index contributed by atoms with van der Waals surface area (Å²) in [6, 6.07) is 11.6. The van der Waals surface area contributed by atoms with E-state index in [2.05, 4.69) is 23.8 Å². The standard InChI is InChI=1S/C20H19N3O2.C3H8/c1-13(24)19-7-6-14(11-22-19)8-16-10-17(20(25)23-12-21)9-15-4-2-3-5-18(15)16;1-3-2/h2-5,7,9-12,14H,6,8H2,1H3,(H2,21,23,25);3H2,1-2H3. The first-order chi connectivity index (χ1) is 13.5. The van der Waals surface area contributed by atoms with E-state index >= 15 is 0 Å². The van der Waals surface area contributed by atoms with Crippen LogP contribution < -0.4 is 5.73 Å². The zero-order chi connectivity index (χ0) is 20.5.